The zero-order valence-corrected chi connectivity index (χ0v) is 16.0. The molecule has 0 atom stereocenters. The first kappa shape index (κ1) is 16.6. The Morgan fingerprint density at radius 1 is 1.13 bits per heavy atom. The fourth-order valence-electron chi connectivity index (χ4n) is 2.70. The number of hydrogen-bond acceptors (Lipinski definition) is 2. The van der Waals surface area contributed by atoms with Crippen LogP contribution in [-0.2, 0) is 13.0 Å². The molecule has 0 aliphatic carbocycles. The van der Waals surface area contributed by atoms with Crippen LogP contribution >= 0.6 is 31.9 Å². The van der Waals surface area contributed by atoms with Crippen molar-refractivity contribution < 1.29 is 4.74 Å². The number of nitrogens with one attached hydrogen (secondary N) is 2. The largest absolute Gasteiger partial charge is 0.494 e. The van der Waals surface area contributed by atoms with Crippen LogP contribution < -0.4 is 10.1 Å². The Morgan fingerprint density at radius 2 is 1.87 bits per heavy atom. The zero-order valence-electron chi connectivity index (χ0n) is 12.8. The third-order valence-electron chi connectivity index (χ3n) is 3.84. The van der Waals surface area contributed by atoms with Crippen LogP contribution in [0.2, 0.25) is 0 Å². The third kappa shape index (κ3) is 3.79. The predicted octanol–water partition coefficient (Wildman–Crippen LogP) is 5.03. The van der Waals surface area contributed by atoms with Crippen molar-refractivity contribution in [3.63, 3.8) is 0 Å². The van der Waals surface area contributed by atoms with Gasteiger partial charge in [-0.3, -0.25) is 0 Å². The van der Waals surface area contributed by atoms with Crippen LogP contribution in [0.4, 0.5) is 0 Å². The lowest BCUT2D eigenvalue weighted by Gasteiger charge is -2.10. The first-order valence-electron chi connectivity index (χ1n) is 7.46. The number of ether oxygens (including phenoxy) is 1. The van der Waals surface area contributed by atoms with E-state index >= 15 is 0 Å². The van der Waals surface area contributed by atoms with Gasteiger partial charge in [-0.05, 0) is 74.2 Å². The van der Waals surface area contributed by atoms with Crippen LogP contribution in [0.25, 0.3) is 10.9 Å². The molecule has 3 rings (SSSR count). The lowest BCUT2D eigenvalue weighted by Crippen LogP contribution is -2.16. The Kier molecular flexibility index (Phi) is 5.41. The Balaban J connectivity index is 1.58. The molecule has 0 fully saturated rings. The number of H-pyrrole nitrogens is 1. The smallest absolute Gasteiger partial charge is 0.147 e. The topological polar surface area (TPSA) is 37.0 Å². The summed E-state index contributed by atoms with van der Waals surface area (Å²) in [5.41, 5.74) is 3.76. The molecule has 0 radical (unpaired) electrons. The van der Waals surface area contributed by atoms with Crippen LogP contribution in [0.5, 0.6) is 5.75 Å². The number of aromatic nitrogens is 1. The first-order valence-corrected chi connectivity index (χ1v) is 9.05. The van der Waals surface area contributed by atoms with Gasteiger partial charge in [0.25, 0.3) is 0 Å². The zero-order chi connectivity index (χ0) is 16.2. The van der Waals surface area contributed by atoms with E-state index < -0.39 is 0 Å². The van der Waals surface area contributed by atoms with Gasteiger partial charge >= 0.3 is 0 Å². The molecule has 0 aliphatic heterocycles. The van der Waals surface area contributed by atoms with Crippen LogP contribution in [-0.4, -0.2) is 18.6 Å². The monoisotopic (exact) mass is 436 g/mol. The van der Waals surface area contributed by atoms with Crippen molar-refractivity contribution in [3.8, 4) is 5.75 Å². The molecule has 0 unspecified atom stereocenters. The van der Waals surface area contributed by atoms with Gasteiger partial charge in [0.1, 0.15) is 5.75 Å². The molecule has 3 aromatic rings. The van der Waals surface area contributed by atoms with Gasteiger partial charge in [-0.15, -0.1) is 0 Å². The summed E-state index contributed by atoms with van der Waals surface area (Å²) in [6.45, 7) is 1.76. The summed E-state index contributed by atoms with van der Waals surface area (Å²) in [6, 6.07) is 12.6. The maximum atomic E-state index is 5.33. The molecular formula is C18H18Br2N2O. The minimum absolute atomic E-state index is 0.823. The summed E-state index contributed by atoms with van der Waals surface area (Å²) < 4.78 is 7.25. The molecule has 5 heteroatoms. The highest BCUT2D eigenvalue weighted by atomic mass is 79.9. The molecule has 0 aliphatic rings. The predicted molar refractivity (Wildman–Crippen MR) is 102 cm³/mol. The van der Waals surface area contributed by atoms with Crippen LogP contribution in [0.15, 0.2) is 51.5 Å². The van der Waals surface area contributed by atoms with Gasteiger partial charge in [0.2, 0.25) is 0 Å². The summed E-state index contributed by atoms with van der Waals surface area (Å²) in [5, 5.41) is 4.81. The molecule has 0 saturated heterocycles. The van der Waals surface area contributed by atoms with Gasteiger partial charge in [-0.2, -0.15) is 0 Å². The third-order valence-corrected chi connectivity index (χ3v) is 5.02. The Morgan fingerprint density at radius 3 is 2.61 bits per heavy atom. The van der Waals surface area contributed by atoms with Gasteiger partial charge in [0, 0.05) is 23.6 Å². The molecule has 23 heavy (non-hydrogen) atoms. The van der Waals surface area contributed by atoms with E-state index in [0.29, 0.717) is 0 Å². The molecule has 120 valence electrons. The fraction of sp³-hybridized carbons (Fsp3) is 0.222. The second-order valence-electron chi connectivity index (χ2n) is 5.38. The van der Waals surface area contributed by atoms with E-state index in [0.717, 1.165) is 34.2 Å². The van der Waals surface area contributed by atoms with E-state index in [2.05, 4.69) is 84.8 Å². The molecule has 3 nitrogen and oxygen atoms in total. The van der Waals surface area contributed by atoms with Crippen molar-refractivity contribution in [2.75, 3.05) is 13.7 Å². The highest BCUT2D eigenvalue weighted by Gasteiger charge is 2.08. The number of hydrogen-bond donors (Lipinski definition) is 2. The minimum atomic E-state index is 0.823. The van der Waals surface area contributed by atoms with Crippen molar-refractivity contribution in [2.45, 2.75) is 13.0 Å². The quantitative estimate of drug-likeness (QED) is 0.530. The van der Waals surface area contributed by atoms with Gasteiger partial charge in [-0.1, -0.05) is 18.2 Å². The Bertz CT molecular complexity index is 791. The molecule has 0 amide bonds. The van der Waals surface area contributed by atoms with E-state index in [9.17, 15) is 0 Å². The molecule has 0 bridgehead atoms. The molecule has 2 N–H and O–H groups in total. The number of benzene rings is 2. The van der Waals surface area contributed by atoms with Crippen molar-refractivity contribution in [1.29, 1.82) is 0 Å². The van der Waals surface area contributed by atoms with E-state index in [4.69, 9.17) is 4.74 Å². The number of methoxy groups -OCH3 is 1. The molecule has 1 aromatic heterocycles. The van der Waals surface area contributed by atoms with Crippen molar-refractivity contribution in [2.24, 2.45) is 0 Å². The van der Waals surface area contributed by atoms with Crippen LogP contribution in [0, 0.1) is 0 Å². The van der Waals surface area contributed by atoms with E-state index in [1.807, 2.05) is 0 Å². The van der Waals surface area contributed by atoms with Crippen molar-refractivity contribution in [1.82, 2.24) is 10.3 Å². The highest BCUT2D eigenvalue weighted by Crippen LogP contribution is 2.34. The normalized spacial score (nSPS) is 11.1. The lowest BCUT2D eigenvalue weighted by atomic mass is 10.1. The van der Waals surface area contributed by atoms with Gasteiger partial charge in [0.15, 0.2) is 0 Å². The maximum Gasteiger partial charge on any atom is 0.147 e. The number of aromatic amines is 1. The van der Waals surface area contributed by atoms with Crippen LogP contribution in [0.3, 0.4) is 0 Å². The van der Waals surface area contributed by atoms with Crippen LogP contribution in [0.1, 0.15) is 11.1 Å². The second-order valence-corrected chi connectivity index (χ2v) is 7.09. The summed E-state index contributed by atoms with van der Waals surface area (Å²) in [5.74, 6) is 0.826. The summed E-state index contributed by atoms with van der Waals surface area (Å²) >= 11 is 7.08. The first-order chi connectivity index (χ1) is 11.2. The summed E-state index contributed by atoms with van der Waals surface area (Å²) in [7, 11) is 1.67. The summed E-state index contributed by atoms with van der Waals surface area (Å²) in [6.07, 6.45) is 3.11. The number of fused-ring (bicyclic) bond motifs is 1. The van der Waals surface area contributed by atoms with Crippen molar-refractivity contribution in [3.05, 3.63) is 62.7 Å². The fourth-order valence-corrected chi connectivity index (χ4v) is 4.31. The van der Waals surface area contributed by atoms with E-state index in [-0.39, 0.29) is 0 Å². The molecular weight excluding hydrogens is 420 g/mol. The lowest BCUT2D eigenvalue weighted by molar-refractivity contribution is 0.409. The van der Waals surface area contributed by atoms with Gasteiger partial charge in [0.05, 0.1) is 16.1 Å². The van der Waals surface area contributed by atoms with Gasteiger partial charge in [-0.25, -0.2) is 0 Å². The summed E-state index contributed by atoms with van der Waals surface area (Å²) in [4.78, 5) is 3.32. The highest BCUT2D eigenvalue weighted by molar-refractivity contribution is 9.11. The average molecular weight is 438 g/mol. The second kappa shape index (κ2) is 7.51. The Hall–Kier alpha value is -1.30. The molecule has 0 saturated carbocycles. The van der Waals surface area contributed by atoms with Gasteiger partial charge < -0.3 is 15.0 Å². The number of halogens is 2. The maximum absolute atomic E-state index is 5.33. The molecule has 2 aromatic carbocycles. The average Bonchev–Trinajstić information content (AvgIpc) is 2.95. The van der Waals surface area contributed by atoms with E-state index in [1.54, 1.807) is 7.11 Å². The SMILES string of the molecule is COc1c(Br)cc(CNCCc2c[nH]c3ccccc23)cc1Br. The standard InChI is InChI=1S/C18H18Br2N2O/c1-23-18-15(19)8-12(9-16(18)20)10-21-7-6-13-11-22-17-5-3-2-4-14(13)17/h2-5,8-9,11,21-22H,6-7,10H2,1H3. The Labute approximate surface area is 152 Å². The van der Waals surface area contributed by atoms with E-state index in [1.165, 1.54) is 22.0 Å². The molecule has 1 heterocycles. The van der Waals surface area contributed by atoms with Crippen molar-refractivity contribution >= 4 is 42.8 Å². The number of rotatable bonds is 6. The molecule has 0 spiro atoms. The minimum Gasteiger partial charge on any atom is -0.494 e. The number of para-hydroxylation sites is 1.